The number of aromatic carboxylic acids is 1. The summed E-state index contributed by atoms with van der Waals surface area (Å²) in [5.74, 6) is -6.04. The summed E-state index contributed by atoms with van der Waals surface area (Å²) >= 11 is -0.0563. The van der Waals surface area contributed by atoms with Crippen LogP contribution >= 0.6 is 11.8 Å². The summed E-state index contributed by atoms with van der Waals surface area (Å²) < 4.78 is 54.4. The van der Waals surface area contributed by atoms with Gasteiger partial charge in [0.05, 0.1) is 10.5 Å². The van der Waals surface area contributed by atoms with Gasteiger partial charge >= 0.3 is 5.97 Å². The van der Waals surface area contributed by atoms with Crippen molar-refractivity contribution in [2.45, 2.75) is 55.6 Å². The Hall–Kier alpha value is -2.02. The number of alkyl halides is 2. The van der Waals surface area contributed by atoms with Gasteiger partial charge in [-0.1, -0.05) is 43.3 Å². The fourth-order valence-electron chi connectivity index (χ4n) is 4.21. The molecule has 0 spiro atoms. The number of carbonyl (C=O) groups is 1. The van der Waals surface area contributed by atoms with Crippen LogP contribution in [0.4, 0.5) is 17.6 Å². The van der Waals surface area contributed by atoms with E-state index in [1.807, 2.05) is 0 Å². The van der Waals surface area contributed by atoms with Crippen molar-refractivity contribution >= 4 is 17.7 Å². The van der Waals surface area contributed by atoms with Crippen molar-refractivity contribution in [3.8, 4) is 11.1 Å². The number of thioether (sulfide) groups is 1. The summed E-state index contributed by atoms with van der Waals surface area (Å²) in [7, 11) is 0. The topological polar surface area (TPSA) is 37.3 Å². The highest BCUT2D eigenvalue weighted by Crippen LogP contribution is 2.43. The first-order chi connectivity index (χ1) is 13.8. The Morgan fingerprint density at radius 1 is 1.07 bits per heavy atom. The molecule has 0 unspecified atom stereocenters. The third kappa shape index (κ3) is 4.60. The molecule has 1 fully saturated rings. The summed E-state index contributed by atoms with van der Waals surface area (Å²) in [6.07, 6.45) is 4.52. The van der Waals surface area contributed by atoms with Gasteiger partial charge in [0.25, 0.3) is 5.76 Å². The van der Waals surface area contributed by atoms with Crippen molar-refractivity contribution in [1.29, 1.82) is 0 Å². The molecule has 0 aromatic heterocycles. The number of halogens is 4. The molecule has 29 heavy (non-hydrogen) atoms. The number of hydrogen-bond acceptors (Lipinski definition) is 2. The quantitative estimate of drug-likeness (QED) is 0.388. The second-order valence-corrected chi connectivity index (χ2v) is 8.35. The molecule has 7 heteroatoms. The van der Waals surface area contributed by atoms with Crippen LogP contribution in [-0.2, 0) is 0 Å². The predicted molar refractivity (Wildman–Crippen MR) is 106 cm³/mol. The van der Waals surface area contributed by atoms with Crippen molar-refractivity contribution in [2.75, 3.05) is 0 Å². The van der Waals surface area contributed by atoms with Gasteiger partial charge in [0.2, 0.25) is 0 Å². The number of benzene rings is 2. The lowest BCUT2D eigenvalue weighted by atomic mass is 9.74. The van der Waals surface area contributed by atoms with Gasteiger partial charge in [-0.05, 0) is 60.8 Å². The average molecular weight is 426 g/mol. The second kappa shape index (κ2) is 9.20. The Morgan fingerprint density at radius 3 is 2.34 bits per heavy atom. The van der Waals surface area contributed by atoms with Crippen molar-refractivity contribution in [1.82, 2.24) is 0 Å². The van der Waals surface area contributed by atoms with E-state index in [0.717, 1.165) is 38.2 Å². The highest BCUT2D eigenvalue weighted by atomic mass is 32.2. The Morgan fingerprint density at radius 2 is 1.76 bits per heavy atom. The van der Waals surface area contributed by atoms with Gasteiger partial charge in [0.1, 0.15) is 0 Å². The minimum Gasteiger partial charge on any atom is -0.478 e. The van der Waals surface area contributed by atoms with Gasteiger partial charge in [-0.25, -0.2) is 13.6 Å². The molecule has 1 aliphatic carbocycles. The zero-order valence-electron chi connectivity index (χ0n) is 15.9. The molecule has 2 aromatic rings. The van der Waals surface area contributed by atoms with E-state index in [2.05, 4.69) is 6.92 Å². The van der Waals surface area contributed by atoms with Crippen molar-refractivity contribution < 1.29 is 27.5 Å². The molecule has 0 atom stereocenters. The van der Waals surface area contributed by atoms with Crippen LogP contribution in [0.5, 0.6) is 0 Å². The van der Waals surface area contributed by atoms with Crippen LogP contribution in [0.3, 0.4) is 0 Å². The van der Waals surface area contributed by atoms with E-state index in [1.54, 1.807) is 6.07 Å². The SMILES string of the molecule is CCC1CCC(c2c(C(=O)O)cccc2-c2ccc(SC(F)F)c(F)c2F)CC1. The van der Waals surface area contributed by atoms with Crippen LogP contribution in [0.1, 0.15) is 60.9 Å². The molecule has 0 radical (unpaired) electrons. The van der Waals surface area contributed by atoms with E-state index < -0.39 is 28.3 Å². The van der Waals surface area contributed by atoms with Crippen LogP contribution in [0.2, 0.25) is 0 Å². The standard InChI is InChI=1S/C22H22F4O2S/c1-2-12-6-8-13(9-7-12)18-14(4-3-5-16(18)21(27)28)15-10-11-17(29-22(25)26)20(24)19(15)23/h3-5,10-13,22H,2,6-9H2,1H3,(H,27,28). The first-order valence-corrected chi connectivity index (χ1v) is 10.5. The Labute approximate surface area is 171 Å². The maximum absolute atomic E-state index is 14.8. The molecule has 1 N–H and O–H groups in total. The van der Waals surface area contributed by atoms with Crippen LogP contribution < -0.4 is 0 Å². The number of carboxylic acid groups (broad SMARTS) is 1. The minimum absolute atomic E-state index is 0.0563. The molecular formula is C22H22F4O2S. The van der Waals surface area contributed by atoms with E-state index in [4.69, 9.17) is 0 Å². The molecule has 0 aliphatic heterocycles. The molecule has 156 valence electrons. The lowest BCUT2D eigenvalue weighted by Crippen LogP contribution is -2.16. The van der Waals surface area contributed by atoms with Gasteiger partial charge in [0, 0.05) is 5.56 Å². The molecular weight excluding hydrogens is 404 g/mol. The average Bonchev–Trinajstić information content (AvgIpc) is 2.71. The third-order valence-corrected chi connectivity index (χ3v) is 6.47. The first kappa shape index (κ1) is 21.7. The third-order valence-electron chi connectivity index (χ3n) is 5.72. The van der Waals surface area contributed by atoms with Crippen LogP contribution in [0.25, 0.3) is 11.1 Å². The van der Waals surface area contributed by atoms with Gasteiger partial charge in [-0.15, -0.1) is 0 Å². The zero-order chi connectivity index (χ0) is 21.1. The lowest BCUT2D eigenvalue weighted by molar-refractivity contribution is 0.0694. The van der Waals surface area contributed by atoms with Crippen molar-refractivity contribution in [3.05, 3.63) is 53.1 Å². The van der Waals surface area contributed by atoms with E-state index in [0.29, 0.717) is 17.0 Å². The molecule has 3 rings (SSSR count). The highest BCUT2D eigenvalue weighted by Gasteiger charge is 2.29. The van der Waals surface area contributed by atoms with Gasteiger partial charge in [-0.3, -0.25) is 0 Å². The maximum atomic E-state index is 14.8. The van der Waals surface area contributed by atoms with E-state index in [1.165, 1.54) is 18.2 Å². The summed E-state index contributed by atoms with van der Waals surface area (Å²) in [5, 5.41) is 9.68. The first-order valence-electron chi connectivity index (χ1n) is 9.62. The van der Waals surface area contributed by atoms with Crippen LogP contribution in [0.15, 0.2) is 35.2 Å². The summed E-state index contributed by atoms with van der Waals surface area (Å²) in [4.78, 5) is 11.4. The Kier molecular flexibility index (Phi) is 6.88. The molecule has 0 heterocycles. The fourth-order valence-corrected chi connectivity index (χ4v) is 4.74. The van der Waals surface area contributed by atoms with Gasteiger partial charge in [0.15, 0.2) is 11.6 Å². The summed E-state index contributed by atoms with van der Waals surface area (Å²) in [6, 6.07) is 6.92. The smallest absolute Gasteiger partial charge is 0.335 e. The molecule has 1 saturated carbocycles. The Balaban J connectivity index is 2.10. The van der Waals surface area contributed by atoms with Gasteiger partial charge in [-0.2, -0.15) is 8.78 Å². The molecule has 1 aliphatic rings. The summed E-state index contributed by atoms with van der Waals surface area (Å²) in [5.41, 5.74) is 0.794. The zero-order valence-corrected chi connectivity index (χ0v) is 16.7. The van der Waals surface area contributed by atoms with Crippen LogP contribution in [0, 0.1) is 17.6 Å². The largest absolute Gasteiger partial charge is 0.478 e. The van der Waals surface area contributed by atoms with Crippen molar-refractivity contribution in [3.63, 3.8) is 0 Å². The van der Waals surface area contributed by atoms with Gasteiger partial charge < -0.3 is 5.11 Å². The normalized spacial score (nSPS) is 19.5. The number of carboxylic acids is 1. The van der Waals surface area contributed by atoms with E-state index >= 15 is 0 Å². The minimum atomic E-state index is -2.87. The second-order valence-electron chi connectivity index (χ2n) is 7.32. The molecule has 0 bridgehead atoms. The predicted octanol–water partition coefficient (Wildman–Crippen LogP) is 7.33. The summed E-state index contributed by atoms with van der Waals surface area (Å²) in [6.45, 7) is 2.12. The lowest BCUT2D eigenvalue weighted by Gasteiger charge is -2.30. The van der Waals surface area contributed by atoms with E-state index in [-0.39, 0.29) is 28.8 Å². The van der Waals surface area contributed by atoms with E-state index in [9.17, 15) is 27.5 Å². The molecule has 0 amide bonds. The molecule has 0 saturated heterocycles. The van der Waals surface area contributed by atoms with Crippen LogP contribution in [-0.4, -0.2) is 16.8 Å². The number of hydrogen-bond donors (Lipinski definition) is 1. The monoisotopic (exact) mass is 426 g/mol. The molecule has 2 aromatic carbocycles. The maximum Gasteiger partial charge on any atom is 0.335 e. The van der Waals surface area contributed by atoms with Crippen molar-refractivity contribution in [2.24, 2.45) is 5.92 Å². The Bertz CT molecular complexity index is 893. The fraction of sp³-hybridized carbons (Fsp3) is 0.409. The molecule has 2 nitrogen and oxygen atoms in total. The number of rotatable bonds is 6. The highest BCUT2D eigenvalue weighted by molar-refractivity contribution is 7.99.